The van der Waals surface area contributed by atoms with Crippen LogP contribution in [0.15, 0.2) is 59.5 Å². The Hall–Kier alpha value is -2.29. The van der Waals surface area contributed by atoms with Crippen LogP contribution in [0.2, 0.25) is 0 Å². The third-order valence-electron chi connectivity index (χ3n) is 4.08. The topological polar surface area (TPSA) is 82.1 Å². The number of nitrogens with zero attached hydrogens (tertiary/aromatic N) is 1. The van der Waals surface area contributed by atoms with Crippen molar-refractivity contribution in [3.8, 4) is 5.75 Å². The molecule has 1 heterocycles. The molecule has 0 aliphatic carbocycles. The molecule has 0 saturated carbocycles. The average Bonchev–Trinajstić information content (AvgIpc) is 2.68. The number of morpholine rings is 1. The summed E-state index contributed by atoms with van der Waals surface area (Å²) >= 11 is 5.70. The number of alkyl halides is 1. The van der Waals surface area contributed by atoms with Crippen molar-refractivity contribution in [2.75, 3.05) is 19.7 Å². The molecule has 1 unspecified atom stereocenters. The van der Waals surface area contributed by atoms with Gasteiger partial charge in [-0.2, -0.15) is 8.42 Å². The maximum Gasteiger partial charge on any atom is 0.411 e. The van der Waals surface area contributed by atoms with Crippen LogP contribution in [0.3, 0.4) is 0 Å². The highest BCUT2D eigenvalue weighted by Crippen LogP contribution is 2.26. The second-order valence-corrected chi connectivity index (χ2v) is 8.31. The van der Waals surface area contributed by atoms with Crippen LogP contribution in [0.4, 0.5) is 4.79 Å². The predicted molar refractivity (Wildman–Crippen MR) is 103 cm³/mol. The van der Waals surface area contributed by atoms with Gasteiger partial charge < -0.3 is 18.6 Å². The SMILES string of the molecule is CC(Cl)OC(=O)N1CCO[C@@H](c2ccc(OS(=O)(=O)c3ccccc3)cc2)C1. The van der Waals surface area contributed by atoms with Crippen molar-refractivity contribution in [2.24, 2.45) is 0 Å². The summed E-state index contributed by atoms with van der Waals surface area (Å²) < 4.78 is 40.4. The quantitative estimate of drug-likeness (QED) is 0.538. The number of hydrogen-bond donors (Lipinski definition) is 0. The molecule has 0 bridgehead atoms. The second kappa shape index (κ2) is 8.81. The highest BCUT2D eigenvalue weighted by atomic mass is 35.5. The molecule has 0 aromatic heterocycles. The minimum atomic E-state index is -3.90. The number of benzene rings is 2. The highest BCUT2D eigenvalue weighted by molar-refractivity contribution is 7.87. The van der Waals surface area contributed by atoms with Crippen molar-refractivity contribution in [2.45, 2.75) is 23.5 Å². The van der Waals surface area contributed by atoms with Gasteiger partial charge in [-0.15, -0.1) is 0 Å². The Morgan fingerprint density at radius 1 is 1.18 bits per heavy atom. The summed E-state index contributed by atoms with van der Waals surface area (Å²) in [5.74, 6) is 0.190. The Morgan fingerprint density at radius 3 is 2.50 bits per heavy atom. The minimum Gasteiger partial charge on any atom is -0.430 e. The first-order valence-corrected chi connectivity index (χ1v) is 10.5. The van der Waals surface area contributed by atoms with Crippen LogP contribution in [0.5, 0.6) is 5.75 Å². The van der Waals surface area contributed by atoms with E-state index in [1.165, 1.54) is 17.0 Å². The third-order valence-corrected chi connectivity index (χ3v) is 5.43. The molecular weight excluding hydrogens is 406 g/mol. The van der Waals surface area contributed by atoms with Gasteiger partial charge in [0.05, 0.1) is 13.2 Å². The largest absolute Gasteiger partial charge is 0.430 e. The van der Waals surface area contributed by atoms with E-state index in [4.69, 9.17) is 25.3 Å². The Labute approximate surface area is 168 Å². The summed E-state index contributed by atoms with van der Waals surface area (Å²) in [6, 6.07) is 14.4. The summed E-state index contributed by atoms with van der Waals surface area (Å²) in [5, 5.41) is 0. The molecule has 0 spiro atoms. The third kappa shape index (κ3) is 5.15. The van der Waals surface area contributed by atoms with Crippen molar-refractivity contribution in [3.63, 3.8) is 0 Å². The summed E-state index contributed by atoms with van der Waals surface area (Å²) in [5.41, 5.74) is 0.0812. The standard InChI is InChI=1S/C19H20ClNO6S/c1-14(20)26-19(22)21-11-12-25-18(13-21)15-7-9-16(10-8-15)27-28(23,24)17-5-3-2-4-6-17/h2-10,14,18H,11-13H2,1H3/t14?,18-/m1/s1. The zero-order chi connectivity index (χ0) is 20.1. The van der Waals surface area contributed by atoms with Gasteiger partial charge in [0.25, 0.3) is 0 Å². The van der Waals surface area contributed by atoms with Crippen molar-refractivity contribution in [1.29, 1.82) is 0 Å². The fourth-order valence-corrected chi connectivity index (χ4v) is 3.76. The van der Waals surface area contributed by atoms with E-state index >= 15 is 0 Å². The van der Waals surface area contributed by atoms with Gasteiger partial charge in [-0.25, -0.2) is 4.79 Å². The Bertz CT molecular complexity index is 902. The lowest BCUT2D eigenvalue weighted by Gasteiger charge is -2.32. The van der Waals surface area contributed by atoms with E-state index in [1.54, 1.807) is 49.4 Å². The van der Waals surface area contributed by atoms with Crippen LogP contribution in [0.25, 0.3) is 0 Å². The molecule has 1 amide bonds. The van der Waals surface area contributed by atoms with Crippen LogP contribution >= 0.6 is 11.6 Å². The van der Waals surface area contributed by atoms with Gasteiger partial charge >= 0.3 is 16.2 Å². The molecule has 2 aromatic carbocycles. The molecule has 2 atom stereocenters. The van der Waals surface area contributed by atoms with E-state index in [2.05, 4.69) is 0 Å². The van der Waals surface area contributed by atoms with Crippen LogP contribution < -0.4 is 4.18 Å². The van der Waals surface area contributed by atoms with Gasteiger partial charge in [0.1, 0.15) is 16.7 Å². The summed E-state index contributed by atoms with van der Waals surface area (Å²) in [7, 11) is -3.90. The molecule has 9 heteroatoms. The number of rotatable bonds is 5. The molecule has 7 nitrogen and oxygen atoms in total. The molecule has 1 fully saturated rings. The minimum absolute atomic E-state index is 0.0809. The van der Waals surface area contributed by atoms with E-state index < -0.39 is 21.8 Å². The predicted octanol–water partition coefficient (Wildman–Crippen LogP) is 3.55. The maximum atomic E-state index is 12.3. The van der Waals surface area contributed by atoms with Crippen LogP contribution in [-0.2, 0) is 19.6 Å². The van der Waals surface area contributed by atoms with Crippen molar-refractivity contribution >= 4 is 27.8 Å². The van der Waals surface area contributed by atoms with E-state index in [-0.39, 0.29) is 16.7 Å². The van der Waals surface area contributed by atoms with Crippen LogP contribution in [0.1, 0.15) is 18.6 Å². The molecule has 28 heavy (non-hydrogen) atoms. The lowest BCUT2D eigenvalue weighted by molar-refractivity contribution is -0.0296. The van der Waals surface area contributed by atoms with Gasteiger partial charge in [0.2, 0.25) is 0 Å². The van der Waals surface area contributed by atoms with Gasteiger partial charge in [-0.1, -0.05) is 41.9 Å². The van der Waals surface area contributed by atoms with Gasteiger partial charge in [-0.05, 0) is 36.8 Å². The zero-order valence-corrected chi connectivity index (χ0v) is 16.7. The Balaban J connectivity index is 1.66. The van der Waals surface area contributed by atoms with Gasteiger partial charge in [0.15, 0.2) is 5.56 Å². The van der Waals surface area contributed by atoms with Crippen molar-refractivity contribution < 1.29 is 26.9 Å². The Kier molecular flexibility index (Phi) is 6.43. The van der Waals surface area contributed by atoms with Crippen molar-refractivity contribution in [1.82, 2.24) is 4.90 Å². The molecule has 150 valence electrons. The lowest BCUT2D eigenvalue weighted by atomic mass is 10.1. The van der Waals surface area contributed by atoms with E-state index in [9.17, 15) is 13.2 Å². The fourth-order valence-electron chi connectivity index (χ4n) is 2.73. The normalized spacial score (nSPS) is 18.4. The monoisotopic (exact) mass is 425 g/mol. The molecule has 0 N–H and O–H groups in total. The Morgan fingerprint density at radius 2 is 1.86 bits per heavy atom. The second-order valence-electron chi connectivity index (χ2n) is 6.15. The number of carbonyl (C=O) groups is 1. The number of ether oxygens (including phenoxy) is 2. The lowest BCUT2D eigenvalue weighted by Crippen LogP contribution is -2.43. The molecule has 1 aliphatic heterocycles. The van der Waals surface area contributed by atoms with E-state index in [0.29, 0.717) is 19.7 Å². The van der Waals surface area contributed by atoms with Crippen molar-refractivity contribution in [3.05, 3.63) is 60.2 Å². The van der Waals surface area contributed by atoms with Crippen LogP contribution in [-0.4, -0.2) is 44.7 Å². The summed E-state index contributed by atoms with van der Waals surface area (Å²) in [6.07, 6.45) is -0.851. The molecule has 0 radical (unpaired) electrons. The van der Waals surface area contributed by atoms with Gasteiger partial charge in [0, 0.05) is 6.54 Å². The molecular formula is C19H20ClNO6S. The fraction of sp³-hybridized carbons (Fsp3) is 0.316. The highest BCUT2D eigenvalue weighted by Gasteiger charge is 2.27. The molecule has 2 aromatic rings. The van der Waals surface area contributed by atoms with E-state index in [1.807, 2.05) is 0 Å². The summed E-state index contributed by atoms with van der Waals surface area (Å²) in [4.78, 5) is 13.6. The maximum absolute atomic E-state index is 12.3. The molecule has 1 saturated heterocycles. The number of hydrogen-bond acceptors (Lipinski definition) is 6. The number of amides is 1. The molecule has 1 aliphatic rings. The first-order chi connectivity index (χ1) is 13.3. The molecule has 3 rings (SSSR count). The van der Waals surface area contributed by atoms with E-state index in [0.717, 1.165) is 5.56 Å². The first kappa shape index (κ1) is 20.4. The zero-order valence-electron chi connectivity index (χ0n) is 15.2. The first-order valence-electron chi connectivity index (χ1n) is 8.66. The average molecular weight is 426 g/mol. The number of halogens is 1. The summed E-state index contributed by atoms with van der Waals surface area (Å²) in [6.45, 7) is 2.65. The smallest absolute Gasteiger partial charge is 0.411 e. The van der Waals surface area contributed by atoms with Gasteiger partial charge in [-0.3, -0.25) is 0 Å². The number of carbonyl (C=O) groups excluding carboxylic acids is 1. The van der Waals surface area contributed by atoms with Crippen LogP contribution in [0, 0.1) is 0 Å².